The molecule has 1 atom stereocenters. The molecule has 114 valence electrons. The summed E-state index contributed by atoms with van der Waals surface area (Å²) in [6.45, 7) is 11.5. The summed E-state index contributed by atoms with van der Waals surface area (Å²) in [5.74, 6) is 0.481. The van der Waals surface area contributed by atoms with Crippen LogP contribution in [0.5, 0.6) is 0 Å². The average Bonchev–Trinajstić information content (AvgIpc) is 2.37. The summed E-state index contributed by atoms with van der Waals surface area (Å²) in [7, 11) is 0. The van der Waals surface area contributed by atoms with Crippen molar-refractivity contribution < 1.29 is 9.53 Å². The standard InChI is InChI=1S/C18H30O2/c1-6-8-15-9-7-10-16(13-15)11-12-18(4,5)20-17(19)14(2)3/h8,16H,2,6-7,9-13H2,1,3-5H3. The minimum absolute atomic E-state index is 0.273. The van der Waals surface area contributed by atoms with Crippen molar-refractivity contribution in [1.82, 2.24) is 0 Å². The number of rotatable bonds is 6. The van der Waals surface area contributed by atoms with E-state index in [1.807, 2.05) is 13.8 Å². The molecule has 0 saturated heterocycles. The molecule has 20 heavy (non-hydrogen) atoms. The lowest BCUT2D eigenvalue weighted by atomic mass is 9.81. The normalized spacial score (nSPS) is 21.8. The van der Waals surface area contributed by atoms with Crippen molar-refractivity contribution >= 4 is 5.97 Å². The molecule has 1 unspecified atom stereocenters. The SMILES string of the molecule is C=C(C)C(=O)OC(C)(C)CCC1CCCC(=CCC)C1. The molecule has 0 radical (unpaired) electrons. The van der Waals surface area contributed by atoms with E-state index < -0.39 is 0 Å². The molecule has 1 aliphatic rings. The van der Waals surface area contributed by atoms with Gasteiger partial charge in [0, 0.05) is 5.57 Å². The molecule has 2 nitrogen and oxygen atoms in total. The number of hydrogen-bond donors (Lipinski definition) is 0. The minimum Gasteiger partial charge on any atom is -0.456 e. The topological polar surface area (TPSA) is 26.3 Å². The Morgan fingerprint density at radius 1 is 1.50 bits per heavy atom. The number of ether oxygens (including phenoxy) is 1. The molecule has 0 bridgehead atoms. The molecule has 1 aliphatic carbocycles. The van der Waals surface area contributed by atoms with E-state index in [9.17, 15) is 4.79 Å². The lowest BCUT2D eigenvalue weighted by molar-refractivity contribution is -0.152. The highest BCUT2D eigenvalue weighted by molar-refractivity contribution is 5.87. The van der Waals surface area contributed by atoms with Crippen molar-refractivity contribution in [2.24, 2.45) is 5.92 Å². The Kier molecular flexibility index (Phi) is 6.51. The molecule has 1 rings (SSSR count). The second-order valence-corrected chi connectivity index (χ2v) is 6.70. The Morgan fingerprint density at radius 3 is 2.80 bits per heavy atom. The van der Waals surface area contributed by atoms with Gasteiger partial charge in [-0.2, -0.15) is 0 Å². The molecule has 1 fully saturated rings. The maximum atomic E-state index is 11.6. The molecule has 0 spiro atoms. The van der Waals surface area contributed by atoms with Gasteiger partial charge in [-0.25, -0.2) is 4.79 Å². The first-order valence-corrected chi connectivity index (χ1v) is 7.91. The summed E-state index contributed by atoms with van der Waals surface area (Å²) in [4.78, 5) is 11.6. The number of allylic oxidation sites excluding steroid dienone is 2. The predicted molar refractivity (Wildman–Crippen MR) is 84.6 cm³/mol. The summed E-state index contributed by atoms with van der Waals surface area (Å²) < 4.78 is 5.51. The van der Waals surface area contributed by atoms with Crippen molar-refractivity contribution in [3.63, 3.8) is 0 Å². The zero-order chi connectivity index (χ0) is 15.2. The minimum atomic E-state index is -0.387. The maximum Gasteiger partial charge on any atom is 0.333 e. The van der Waals surface area contributed by atoms with Gasteiger partial charge >= 0.3 is 5.97 Å². The highest BCUT2D eigenvalue weighted by Gasteiger charge is 2.26. The van der Waals surface area contributed by atoms with E-state index in [1.54, 1.807) is 12.5 Å². The van der Waals surface area contributed by atoms with Crippen LogP contribution in [0.1, 0.15) is 72.6 Å². The third-order valence-electron chi connectivity index (χ3n) is 4.03. The van der Waals surface area contributed by atoms with Crippen molar-refractivity contribution in [2.75, 3.05) is 0 Å². The van der Waals surface area contributed by atoms with Crippen LogP contribution in [0.4, 0.5) is 0 Å². The van der Waals surface area contributed by atoms with Crippen molar-refractivity contribution in [3.8, 4) is 0 Å². The molecule has 0 aliphatic heterocycles. The molecular weight excluding hydrogens is 248 g/mol. The zero-order valence-electron chi connectivity index (χ0n) is 13.6. The second kappa shape index (κ2) is 7.66. The van der Waals surface area contributed by atoms with Crippen LogP contribution in [0, 0.1) is 5.92 Å². The van der Waals surface area contributed by atoms with E-state index in [1.165, 1.54) is 25.7 Å². The van der Waals surface area contributed by atoms with Gasteiger partial charge in [0.2, 0.25) is 0 Å². The molecule has 0 aromatic rings. The Morgan fingerprint density at radius 2 is 2.20 bits per heavy atom. The van der Waals surface area contributed by atoms with Gasteiger partial charge in [-0.1, -0.05) is 25.2 Å². The van der Waals surface area contributed by atoms with Gasteiger partial charge in [-0.05, 0) is 71.6 Å². The Balaban J connectivity index is 2.43. The molecule has 1 saturated carbocycles. The van der Waals surface area contributed by atoms with Crippen molar-refractivity contribution in [2.45, 2.75) is 78.2 Å². The van der Waals surface area contributed by atoms with Crippen LogP contribution >= 0.6 is 0 Å². The fourth-order valence-electron chi connectivity index (χ4n) is 2.85. The Bertz CT molecular complexity index is 377. The molecule has 0 heterocycles. The Labute approximate surface area is 124 Å². The Hall–Kier alpha value is -1.05. The summed E-state index contributed by atoms with van der Waals surface area (Å²) in [6, 6.07) is 0. The van der Waals surface area contributed by atoms with Crippen LogP contribution < -0.4 is 0 Å². The highest BCUT2D eigenvalue weighted by atomic mass is 16.6. The zero-order valence-corrected chi connectivity index (χ0v) is 13.6. The lowest BCUT2D eigenvalue weighted by Gasteiger charge is -2.30. The highest BCUT2D eigenvalue weighted by Crippen LogP contribution is 2.33. The van der Waals surface area contributed by atoms with Gasteiger partial charge in [0.25, 0.3) is 0 Å². The van der Waals surface area contributed by atoms with Crippen LogP contribution in [0.15, 0.2) is 23.8 Å². The van der Waals surface area contributed by atoms with Crippen LogP contribution in [0.3, 0.4) is 0 Å². The number of carbonyl (C=O) groups is 1. The van der Waals surface area contributed by atoms with E-state index in [0.717, 1.165) is 25.2 Å². The fraction of sp³-hybridized carbons (Fsp3) is 0.722. The number of hydrogen-bond acceptors (Lipinski definition) is 2. The van der Waals surface area contributed by atoms with E-state index in [-0.39, 0.29) is 11.6 Å². The van der Waals surface area contributed by atoms with Crippen molar-refractivity contribution in [1.29, 1.82) is 0 Å². The smallest absolute Gasteiger partial charge is 0.333 e. The molecule has 0 amide bonds. The van der Waals surface area contributed by atoms with E-state index in [2.05, 4.69) is 19.6 Å². The quantitative estimate of drug-likeness (QED) is 0.379. The molecular formula is C18H30O2. The molecule has 2 heteroatoms. The third kappa shape index (κ3) is 5.94. The summed E-state index contributed by atoms with van der Waals surface area (Å²) in [5, 5.41) is 0. The van der Waals surface area contributed by atoms with Crippen LogP contribution in [-0.2, 0) is 9.53 Å². The summed E-state index contributed by atoms with van der Waals surface area (Å²) in [6.07, 6.45) is 10.7. The maximum absolute atomic E-state index is 11.6. The lowest BCUT2D eigenvalue weighted by Crippen LogP contribution is -2.29. The van der Waals surface area contributed by atoms with E-state index in [0.29, 0.717) is 5.57 Å². The van der Waals surface area contributed by atoms with Gasteiger partial charge in [0.1, 0.15) is 5.60 Å². The third-order valence-corrected chi connectivity index (χ3v) is 4.03. The van der Waals surface area contributed by atoms with Crippen molar-refractivity contribution in [3.05, 3.63) is 23.8 Å². The summed E-state index contributed by atoms with van der Waals surface area (Å²) >= 11 is 0. The van der Waals surface area contributed by atoms with E-state index in [4.69, 9.17) is 4.74 Å². The van der Waals surface area contributed by atoms with Gasteiger partial charge in [0.05, 0.1) is 0 Å². The number of esters is 1. The first-order chi connectivity index (χ1) is 9.34. The predicted octanol–water partition coefficient (Wildman–Crippen LogP) is 5.19. The van der Waals surface area contributed by atoms with Crippen LogP contribution in [0.25, 0.3) is 0 Å². The van der Waals surface area contributed by atoms with Gasteiger partial charge in [-0.3, -0.25) is 0 Å². The average molecular weight is 278 g/mol. The summed E-state index contributed by atoms with van der Waals surface area (Å²) in [5.41, 5.74) is 1.71. The largest absolute Gasteiger partial charge is 0.456 e. The van der Waals surface area contributed by atoms with Crippen LogP contribution in [-0.4, -0.2) is 11.6 Å². The monoisotopic (exact) mass is 278 g/mol. The molecule has 0 aromatic carbocycles. The molecule has 0 aromatic heterocycles. The van der Waals surface area contributed by atoms with Gasteiger partial charge < -0.3 is 4.74 Å². The van der Waals surface area contributed by atoms with E-state index >= 15 is 0 Å². The van der Waals surface area contributed by atoms with Crippen LogP contribution in [0.2, 0.25) is 0 Å². The number of carbonyl (C=O) groups excluding carboxylic acids is 1. The molecule has 0 N–H and O–H groups in total. The second-order valence-electron chi connectivity index (χ2n) is 6.70. The van der Waals surface area contributed by atoms with Gasteiger partial charge in [0.15, 0.2) is 0 Å². The first-order valence-electron chi connectivity index (χ1n) is 7.91. The fourth-order valence-corrected chi connectivity index (χ4v) is 2.85. The first kappa shape index (κ1) is 17.0. The van der Waals surface area contributed by atoms with Gasteiger partial charge in [-0.15, -0.1) is 0 Å².